The standard InChI is InChI=1S/C13H25NO3/c1-4-16-12-7-6-8-14(10-12)9-11(3)13(15)17-5-2/h11-12H,4-10H2,1-3H3. The molecule has 1 rings (SSSR count). The number of esters is 1. The van der Waals surface area contributed by atoms with Gasteiger partial charge in [0, 0.05) is 19.7 Å². The summed E-state index contributed by atoms with van der Waals surface area (Å²) < 4.78 is 10.7. The van der Waals surface area contributed by atoms with Crippen molar-refractivity contribution in [3.8, 4) is 0 Å². The Labute approximate surface area is 104 Å². The molecule has 0 aromatic rings. The van der Waals surface area contributed by atoms with Crippen molar-refractivity contribution in [2.24, 2.45) is 5.92 Å². The van der Waals surface area contributed by atoms with E-state index in [1.807, 2.05) is 20.8 Å². The van der Waals surface area contributed by atoms with Gasteiger partial charge in [-0.1, -0.05) is 6.92 Å². The number of carbonyl (C=O) groups is 1. The number of carbonyl (C=O) groups excluding carboxylic acids is 1. The summed E-state index contributed by atoms with van der Waals surface area (Å²) in [6.07, 6.45) is 2.63. The van der Waals surface area contributed by atoms with Gasteiger partial charge in [0.25, 0.3) is 0 Å². The van der Waals surface area contributed by atoms with Crippen molar-refractivity contribution < 1.29 is 14.3 Å². The lowest BCUT2D eigenvalue weighted by atomic mass is 10.1. The largest absolute Gasteiger partial charge is 0.466 e. The van der Waals surface area contributed by atoms with Gasteiger partial charge in [-0.05, 0) is 33.2 Å². The van der Waals surface area contributed by atoms with Crippen LogP contribution in [0.25, 0.3) is 0 Å². The van der Waals surface area contributed by atoms with Gasteiger partial charge in [-0.15, -0.1) is 0 Å². The predicted octanol–water partition coefficient (Wildman–Crippen LogP) is 1.69. The second-order valence-electron chi connectivity index (χ2n) is 4.63. The lowest BCUT2D eigenvalue weighted by Crippen LogP contribution is -2.43. The summed E-state index contributed by atoms with van der Waals surface area (Å²) in [4.78, 5) is 13.9. The van der Waals surface area contributed by atoms with E-state index in [4.69, 9.17) is 9.47 Å². The fraction of sp³-hybridized carbons (Fsp3) is 0.923. The fourth-order valence-corrected chi connectivity index (χ4v) is 2.30. The molecule has 100 valence electrons. The molecular weight excluding hydrogens is 218 g/mol. The third-order valence-corrected chi connectivity index (χ3v) is 3.09. The highest BCUT2D eigenvalue weighted by Gasteiger charge is 2.24. The maximum absolute atomic E-state index is 11.5. The molecule has 0 aromatic heterocycles. The zero-order valence-corrected chi connectivity index (χ0v) is 11.3. The first-order valence-corrected chi connectivity index (χ1v) is 6.67. The molecule has 0 amide bonds. The SMILES string of the molecule is CCOC(=O)C(C)CN1CCCC(OCC)C1. The van der Waals surface area contributed by atoms with Crippen LogP contribution in [-0.2, 0) is 14.3 Å². The van der Waals surface area contributed by atoms with Gasteiger partial charge in [0.05, 0.1) is 18.6 Å². The molecule has 1 aliphatic heterocycles. The third kappa shape index (κ3) is 5.04. The van der Waals surface area contributed by atoms with Crippen LogP contribution < -0.4 is 0 Å². The molecule has 0 aliphatic carbocycles. The molecule has 0 saturated carbocycles. The minimum atomic E-state index is -0.0916. The Hall–Kier alpha value is -0.610. The van der Waals surface area contributed by atoms with E-state index in [2.05, 4.69) is 4.90 Å². The van der Waals surface area contributed by atoms with E-state index in [0.29, 0.717) is 12.7 Å². The van der Waals surface area contributed by atoms with Crippen LogP contribution in [-0.4, -0.2) is 49.8 Å². The van der Waals surface area contributed by atoms with Gasteiger partial charge < -0.3 is 9.47 Å². The highest BCUT2D eigenvalue weighted by Crippen LogP contribution is 2.15. The van der Waals surface area contributed by atoms with Crippen LogP contribution in [0.2, 0.25) is 0 Å². The van der Waals surface area contributed by atoms with E-state index in [0.717, 1.165) is 39.1 Å². The Morgan fingerprint density at radius 2 is 2.18 bits per heavy atom. The molecule has 0 bridgehead atoms. The summed E-state index contributed by atoms with van der Waals surface area (Å²) >= 11 is 0. The van der Waals surface area contributed by atoms with Crippen molar-refractivity contribution in [1.29, 1.82) is 0 Å². The second-order valence-corrected chi connectivity index (χ2v) is 4.63. The Bertz CT molecular complexity index is 231. The molecule has 1 fully saturated rings. The number of piperidine rings is 1. The van der Waals surface area contributed by atoms with Crippen molar-refractivity contribution in [2.75, 3.05) is 32.8 Å². The second kappa shape index (κ2) is 7.67. The van der Waals surface area contributed by atoms with Gasteiger partial charge in [0.2, 0.25) is 0 Å². The van der Waals surface area contributed by atoms with E-state index in [1.165, 1.54) is 0 Å². The summed E-state index contributed by atoms with van der Waals surface area (Å²) in [5.74, 6) is -0.138. The van der Waals surface area contributed by atoms with Crippen molar-refractivity contribution in [3.05, 3.63) is 0 Å². The minimum absolute atomic E-state index is 0.0460. The molecule has 1 heterocycles. The predicted molar refractivity (Wildman–Crippen MR) is 66.9 cm³/mol. The molecule has 17 heavy (non-hydrogen) atoms. The van der Waals surface area contributed by atoms with Crippen LogP contribution in [0.3, 0.4) is 0 Å². The summed E-state index contributed by atoms with van der Waals surface area (Å²) in [7, 11) is 0. The van der Waals surface area contributed by atoms with Crippen LogP contribution in [0.1, 0.15) is 33.6 Å². The molecule has 0 N–H and O–H groups in total. The third-order valence-electron chi connectivity index (χ3n) is 3.09. The molecule has 2 unspecified atom stereocenters. The van der Waals surface area contributed by atoms with Crippen molar-refractivity contribution >= 4 is 5.97 Å². The highest BCUT2D eigenvalue weighted by molar-refractivity contribution is 5.72. The van der Waals surface area contributed by atoms with Crippen molar-refractivity contribution in [1.82, 2.24) is 4.90 Å². The summed E-state index contributed by atoms with van der Waals surface area (Å²) in [6.45, 7) is 9.82. The molecule has 0 aromatic carbocycles. The number of hydrogen-bond donors (Lipinski definition) is 0. The first-order chi connectivity index (χ1) is 8.17. The lowest BCUT2D eigenvalue weighted by molar-refractivity contribution is -0.148. The maximum atomic E-state index is 11.5. The highest BCUT2D eigenvalue weighted by atomic mass is 16.5. The Morgan fingerprint density at radius 1 is 1.41 bits per heavy atom. The number of likely N-dealkylation sites (tertiary alicyclic amines) is 1. The van der Waals surface area contributed by atoms with E-state index in [-0.39, 0.29) is 11.9 Å². The van der Waals surface area contributed by atoms with Crippen LogP contribution >= 0.6 is 0 Å². The van der Waals surface area contributed by atoms with E-state index < -0.39 is 0 Å². The Morgan fingerprint density at radius 3 is 2.82 bits per heavy atom. The molecule has 2 atom stereocenters. The normalized spacial score (nSPS) is 23.4. The molecule has 1 aliphatic rings. The van der Waals surface area contributed by atoms with Gasteiger partial charge in [-0.2, -0.15) is 0 Å². The van der Waals surface area contributed by atoms with Gasteiger partial charge >= 0.3 is 5.97 Å². The Balaban J connectivity index is 2.32. The fourth-order valence-electron chi connectivity index (χ4n) is 2.30. The van der Waals surface area contributed by atoms with E-state index in [9.17, 15) is 4.79 Å². The number of ether oxygens (including phenoxy) is 2. The van der Waals surface area contributed by atoms with E-state index >= 15 is 0 Å². The van der Waals surface area contributed by atoms with Crippen LogP contribution in [0, 0.1) is 5.92 Å². The summed E-state index contributed by atoms with van der Waals surface area (Å²) in [5, 5.41) is 0. The molecule has 4 heteroatoms. The van der Waals surface area contributed by atoms with Crippen LogP contribution in [0.5, 0.6) is 0 Å². The average Bonchev–Trinajstić information content (AvgIpc) is 2.30. The topological polar surface area (TPSA) is 38.8 Å². The molecule has 0 radical (unpaired) electrons. The monoisotopic (exact) mass is 243 g/mol. The molecule has 4 nitrogen and oxygen atoms in total. The number of nitrogens with zero attached hydrogens (tertiary/aromatic N) is 1. The van der Waals surface area contributed by atoms with Crippen LogP contribution in [0.4, 0.5) is 0 Å². The van der Waals surface area contributed by atoms with Crippen LogP contribution in [0.15, 0.2) is 0 Å². The first-order valence-electron chi connectivity index (χ1n) is 6.67. The zero-order valence-electron chi connectivity index (χ0n) is 11.3. The van der Waals surface area contributed by atoms with E-state index in [1.54, 1.807) is 0 Å². The minimum Gasteiger partial charge on any atom is -0.466 e. The van der Waals surface area contributed by atoms with Crippen molar-refractivity contribution in [3.63, 3.8) is 0 Å². The first kappa shape index (κ1) is 14.5. The quantitative estimate of drug-likeness (QED) is 0.665. The Kier molecular flexibility index (Phi) is 6.52. The van der Waals surface area contributed by atoms with Gasteiger partial charge in [-0.25, -0.2) is 0 Å². The molecule has 0 spiro atoms. The summed E-state index contributed by atoms with van der Waals surface area (Å²) in [6, 6.07) is 0. The van der Waals surface area contributed by atoms with Gasteiger partial charge in [0.15, 0.2) is 0 Å². The van der Waals surface area contributed by atoms with Gasteiger partial charge in [-0.3, -0.25) is 9.69 Å². The maximum Gasteiger partial charge on any atom is 0.309 e. The molecular formula is C13H25NO3. The average molecular weight is 243 g/mol. The zero-order chi connectivity index (χ0) is 12.7. The lowest BCUT2D eigenvalue weighted by Gasteiger charge is -2.33. The summed E-state index contributed by atoms with van der Waals surface area (Å²) in [5.41, 5.74) is 0. The molecule has 1 saturated heterocycles. The van der Waals surface area contributed by atoms with Crippen molar-refractivity contribution in [2.45, 2.75) is 39.7 Å². The number of hydrogen-bond acceptors (Lipinski definition) is 4. The number of rotatable bonds is 6. The smallest absolute Gasteiger partial charge is 0.309 e. The van der Waals surface area contributed by atoms with Gasteiger partial charge in [0.1, 0.15) is 0 Å².